The third-order valence-corrected chi connectivity index (χ3v) is 3.58. The van der Waals surface area contributed by atoms with Crippen molar-refractivity contribution in [3.05, 3.63) is 33.4 Å². The van der Waals surface area contributed by atoms with E-state index in [4.69, 9.17) is 0 Å². The molecule has 0 spiro atoms. The molecular weight excluding hydrogens is 360 g/mol. The molecule has 0 aliphatic carbocycles. The topological polar surface area (TPSA) is 55.6 Å². The molecule has 0 aliphatic heterocycles. The van der Waals surface area contributed by atoms with E-state index >= 15 is 0 Å². The number of tetrazole rings is 1. The Labute approximate surface area is 124 Å². The first-order valence-corrected chi connectivity index (χ1v) is 7.18. The van der Waals surface area contributed by atoms with Crippen LogP contribution in [0.3, 0.4) is 0 Å². The van der Waals surface area contributed by atoms with Crippen molar-refractivity contribution in [1.29, 1.82) is 0 Å². The molecule has 0 radical (unpaired) electrons. The zero-order chi connectivity index (χ0) is 13.8. The summed E-state index contributed by atoms with van der Waals surface area (Å²) in [5, 5.41) is 15.1. The van der Waals surface area contributed by atoms with Gasteiger partial charge in [-0.1, -0.05) is 6.92 Å². The van der Waals surface area contributed by atoms with E-state index in [2.05, 4.69) is 50.4 Å². The molecule has 1 aromatic heterocycles. The summed E-state index contributed by atoms with van der Waals surface area (Å²) in [5.74, 6) is 0.456. The van der Waals surface area contributed by atoms with Gasteiger partial charge in [-0.3, -0.25) is 0 Å². The fourth-order valence-corrected chi connectivity index (χ4v) is 2.45. The van der Waals surface area contributed by atoms with Crippen molar-refractivity contribution in [2.45, 2.75) is 26.3 Å². The highest BCUT2D eigenvalue weighted by atomic mass is 127. The first-order chi connectivity index (χ1) is 9.13. The molecule has 0 saturated carbocycles. The molecule has 0 fully saturated rings. The maximum atomic E-state index is 13.1. The highest BCUT2D eigenvalue weighted by molar-refractivity contribution is 14.1. The minimum atomic E-state index is -0.264. The Bertz CT molecular complexity index is 557. The van der Waals surface area contributed by atoms with Crippen LogP contribution in [0.1, 0.15) is 32.1 Å². The van der Waals surface area contributed by atoms with E-state index in [0.29, 0.717) is 0 Å². The third kappa shape index (κ3) is 3.27. The van der Waals surface area contributed by atoms with Gasteiger partial charge in [0.1, 0.15) is 5.82 Å². The SMILES string of the molecule is CCCNC(C)c1nnnn1-c1ccc(F)cc1I. The molecule has 1 atom stereocenters. The lowest BCUT2D eigenvalue weighted by molar-refractivity contribution is 0.530. The highest BCUT2D eigenvalue weighted by Gasteiger charge is 2.16. The van der Waals surface area contributed by atoms with Gasteiger partial charge in [0.05, 0.1) is 11.7 Å². The molecule has 1 aromatic carbocycles. The van der Waals surface area contributed by atoms with Crippen molar-refractivity contribution in [2.75, 3.05) is 6.54 Å². The summed E-state index contributed by atoms with van der Waals surface area (Å²) in [6, 6.07) is 4.60. The molecule has 0 aliphatic rings. The summed E-state index contributed by atoms with van der Waals surface area (Å²) in [4.78, 5) is 0. The summed E-state index contributed by atoms with van der Waals surface area (Å²) in [6.07, 6.45) is 1.04. The third-order valence-electron chi connectivity index (χ3n) is 2.72. The summed E-state index contributed by atoms with van der Waals surface area (Å²) < 4.78 is 15.6. The standard InChI is InChI=1S/C12H15FIN5/c1-3-6-15-8(2)12-16-17-18-19(12)11-5-4-9(13)7-10(11)14/h4-5,7-8,15H,3,6H2,1-2H3. The van der Waals surface area contributed by atoms with Gasteiger partial charge in [-0.2, -0.15) is 4.68 Å². The van der Waals surface area contributed by atoms with Crippen molar-refractivity contribution >= 4 is 22.6 Å². The second-order valence-electron chi connectivity index (χ2n) is 4.22. The molecule has 2 aromatic rings. The lowest BCUT2D eigenvalue weighted by Crippen LogP contribution is -2.23. The molecule has 0 bridgehead atoms. The van der Waals surface area contributed by atoms with E-state index in [-0.39, 0.29) is 11.9 Å². The number of benzene rings is 1. The predicted octanol–water partition coefficient (Wildman–Crippen LogP) is 2.47. The van der Waals surface area contributed by atoms with Crippen LogP contribution in [0.2, 0.25) is 0 Å². The van der Waals surface area contributed by atoms with Crippen LogP contribution in [0.4, 0.5) is 4.39 Å². The fraction of sp³-hybridized carbons (Fsp3) is 0.417. The monoisotopic (exact) mass is 375 g/mol. The normalized spacial score (nSPS) is 12.6. The summed E-state index contributed by atoms with van der Waals surface area (Å²) in [7, 11) is 0. The molecule has 0 amide bonds. The van der Waals surface area contributed by atoms with Crippen molar-refractivity contribution in [2.24, 2.45) is 0 Å². The number of hydrogen-bond donors (Lipinski definition) is 1. The van der Waals surface area contributed by atoms with Gasteiger partial charge in [-0.05, 0) is 71.1 Å². The second-order valence-corrected chi connectivity index (χ2v) is 5.38. The molecule has 1 N–H and O–H groups in total. The molecule has 0 saturated heterocycles. The van der Waals surface area contributed by atoms with Crippen molar-refractivity contribution < 1.29 is 4.39 Å². The maximum Gasteiger partial charge on any atom is 0.173 e. The van der Waals surface area contributed by atoms with Crippen molar-refractivity contribution in [3.8, 4) is 5.69 Å². The average Bonchev–Trinajstić information content (AvgIpc) is 2.85. The van der Waals surface area contributed by atoms with Gasteiger partial charge in [0.25, 0.3) is 0 Å². The largest absolute Gasteiger partial charge is 0.307 e. The van der Waals surface area contributed by atoms with Crippen LogP contribution in [0.25, 0.3) is 5.69 Å². The predicted molar refractivity (Wildman–Crippen MR) is 78.5 cm³/mol. The van der Waals surface area contributed by atoms with E-state index in [1.807, 2.05) is 6.92 Å². The first-order valence-electron chi connectivity index (χ1n) is 6.10. The first kappa shape index (κ1) is 14.3. The zero-order valence-corrected chi connectivity index (χ0v) is 12.9. The van der Waals surface area contributed by atoms with Gasteiger partial charge < -0.3 is 5.32 Å². The van der Waals surface area contributed by atoms with Gasteiger partial charge in [-0.25, -0.2) is 4.39 Å². The molecule has 2 rings (SSSR count). The van der Waals surface area contributed by atoms with Gasteiger partial charge in [0, 0.05) is 3.57 Å². The van der Waals surface area contributed by atoms with E-state index in [1.54, 1.807) is 10.7 Å². The quantitative estimate of drug-likeness (QED) is 0.816. The van der Waals surface area contributed by atoms with Crippen LogP contribution in [-0.4, -0.2) is 26.8 Å². The van der Waals surface area contributed by atoms with E-state index in [0.717, 1.165) is 28.0 Å². The number of halogens is 2. The van der Waals surface area contributed by atoms with Crippen LogP contribution in [0.15, 0.2) is 18.2 Å². The van der Waals surface area contributed by atoms with Crippen LogP contribution in [-0.2, 0) is 0 Å². The minimum absolute atomic E-state index is 0.0378. The number of aromatic nitrogens is 4. The Morgan fingerprint density at radius 1 is 1.47 bits per heavy atom. The van der Waals surface area contributed by atoms with Crippen LogP contribution in [0, 0.1) is 9.39 Å². The minimum Gasteiger partial charge on any atom is -0.307 e. The number of hydrogen-bond acceptors (Lipinski definition) is 4. The molecule has 5 nitrogen and oxygen atoms in total. The van der Waals surface area contributed by atoms with E-state index < -0.39 is 0 Å². The lowest BCUT2D eigenvalue weighted by Gasteiger charge is -2.13. The molecule has 102 valence electrons. The number of nitrogens with one attached hydrogen (secondary N) is 1. The van der Waals surface area contributed by atoms with Crippen molar-refractivity contribution in [3.63, 3.8) is 0 Å². The Morgan fingerprint density at radius 2 is 2.26 bits per heavy atom. The Morgan fingerprint density at radius 3 is 2.95 bits per heavy atom. The maximum absolute atomic E-state index is 13.1. The number of nitrogens with zero attached hydrogens (tertiary/aromatic N) is 4. The van der Waals surface area contributed by atoms with Crippen molar-refractivity contribution in [1.82, 2.24) is 25.5 Å². The Hall–Kier alpha value is -1.09. The molecular formula is C12H15FIN5. The van der Waals surface area contributed by atoms with E-state index in [1.165, 1.54) is 12.1 Å². The van der Waals surface area contributed by atoms with E-state index in [9.17, 15) is 4.39 Å². The summed E-state index contributed by atoms with van der Waals surface area (Å²) in [6.45, 7) is 5.01. The number of rotatable bonds is 5. The molecule has 1 unspecified atom stereocenters. The van der Waals surface area contributed by atoms with Crippen LogP contribution >= 0.6 is 22.6 Å². The zero-order valence-electron chi connectivity index (χ0n) is 10.8. The highest BCUT2D eigenvalue weighted by Crippen LogP contribution is 2.20. The van der Waals surface area contributed by atoms with Gasteiger partial charge in [-0.15, -0.1) is 5.10 Å². The van der Waals surface area contributed by atoms with Gasteiger partial charge in [0.15, 0.2) is 5.82 Å². The Balaban J connectivity index is 2.33. The van der Waals surface area contributed by atoms with Gasteiger partial charge in [0.2, 0.25) is 0 Å². The smallest absolute Gasteiger partial charge is 0.173 e. The average molecular weight is 375 g/mol. The second kappa shape index (κ2) is 6.38. The Kier molecular flexibility index (Phi) is 4.81. The van der Waals surface area contributed by atoms with Gasteiger partial charge >= 0.3 is 0 Å². The molecule has 1 heterocycles. The summed E-state index contributed by atoms with van der Waals surface area (Å²) >= 11 is 2.08. The molecule has 19 heavy (non-hydrogen) atoms. The molecule has 7 heteroatoms. The van der Waals surface area contributed by atoms with Crippen LogP contribution < -0.4 is 5.32 Å². The fourth-order valence-electron chi connectivity index (χ4n) is 1.74. The lowest BCUT2D eigenvalue weighted by atomic mass is 10.2. The summed E-state index contributed by atoms with van der Waals surface area (Å²) in [5.41, 5.74) is 0.784. The van der Waals surface area contributed by atoms with Crippen LogP contribution in [0.5, 0.6) is 0 Å².